The Kier molecular flexibility index (Phi) is 5.73. The summed E-state index contributed by atoms with van der Waals surface area (Å²) in [5, 5.41) is 0. The van der Waals surface area contributed by atoms with E-state index >= 15 is 0 Å². The third kappa shape index (κ3) is 5.34. The van der Waals surface area contributed by atoms with E-state index in [1.165, 1.54) is 31.2 Å². The number of halogens is 6. The number of hydrogen-bond donors (Lipinski definition) is 1. The first kappa shape index (κ1) is 21.0. The van der Waals surface area contributed by atoms with Crippen LogP contribution in [0.4, 0.5) is 32.2 Å². The number of ether oxygens (including phenoxy) is 1. The molecule has 0 unspecified atom stereocenters. The first-order valence-electron chi connectivity index (χ1n) is 7.41. The van der Waals surface area contributed by atoms with Gasteiger partial charge in [-0.3, -0.25) is 4.72 Å². The summed E-state index contributed by atoms with van der Waals surface area (Å²) in [4.78, 5) is 7.32. The molecule has 0 saturated carbocycles. The standard InChI is InChI=1S/C14H13F6N3O3S/c1-2-7-27(24,25)23-10-11(22-9-6-4-3-5-8(9)21-10)26-12(13(15,16)17)14(18,19)20/h3-6,12H,2,7H2,1H3,(H,21,23). The molecule has 1 N–H and O–H groups in total. The highest BCUT2D eigenvalue weighted by molar-refractivity contribution is 7.92. The van der Waals surface area contributed by atoms with E-state index < -0.39 is 45.9 Å². The van der Waals surface area contributed by atoms with Crippen LogP contribution in [0.3, 0.4) is 0 Å². The van der Waals surface area contributed by atoms with Crippen molar-refractivity contribution in [2.45, 2.75) is 31.8 Å². The summed E-state index contributed by atoms with van der Waals surface area (Å²) in [5.41, 5.74) is -0.0244. The van der Waals surface area contributed by atoms with E-state index in [9.17, 15) is 34.8 Å². The molecule has 13 heteroatoms. The zero-order valence-electron chi connectivity index (χ0n) is 13.6. The second kappa shape index (κ2) is 7.37. The van der Waals surface area contributed by atoms with Crippen LogP contribution in [0.5, 0.6) is 5.88 Å². The molecule has 150 valence electrons. The topological polar surface area (TPSA) is 81.2 Å². The second-order valence-electron chi connectivity index (χ2n) is 5.37. The SMILES string of the molecule is CCCS(=O)(=O)Nc1nc2ccccc2nc1OC(C(F)(F)F)C(F)(F)F. The van der Waals surface area contributed by atoms with Crippen LogP contribution in [0, 0.1) is 0 Å². The molecular weight excluding hydrogens is 404 g/mol. The molecular formula is C14H13F6N3O3S. The lowest BCUT2D eigenvalue weighted by atomic mass is 10.3. The predicted octanol–water partition coefficient (Wildman–Crippen LogP) is 3.65. The van der Waals surface area contributed by atoms with Crippen LogP contribution in [0.15, 0.2) is 24.3 Å². The summed E-state index contributed by atoms with van der Waals surface area (Å²) < 4.78 is 106. The van der Waals surface area contributed by atoms with Crippen molar-refractivity contribution in [3.8, 4) is 5.88 Å². The quantitative estimate of drug-likeness (QED) is 0.726. The lowest BCUT2D eigenvalue weighted by Gasteiger charge is -2.24. The highest BCUT2D eigenvalue weighted by Gasteiger charge is 2.59. The zero-order chi connectivity index (χ0) is 20.5. The Morgan fingerprint density at radius 3 is 2.04 bits per heavy atom. The van der Waals surface area contributed by atoms with Gasteiger partial charge in [0.25, 0.3) is 12.0 Å². The van der Waals surface area contributed by atoms with Crippen molar-refractivity contribution in [2.75, 3.05) is 10.5 Å². The Labute approximate surface area is 149 Å². The summed E-state index contributed by atoms with van der Waals surface area (Å²) >= 11 is 0. The number of anilines is 1. The minimum absolute atomic E-state index is 0.0506. The van der Waals surface area contributed by atoms with E-state index in [-0.39, 0.29) is 17.5 Å². The van der Waals surface area contributed by atoms with Crippen LogP contribution in [-0.4, -0.2) is 42.6 Å². The third-order valence-electron chi connectivity index (χ3n) is 3.09. The van der Waals surface area contributed by atoms with Gasteiger partial charge < -0.3 is 4.74 Å². The molecule has 2 rings (SSSR count). The summed E-state index contributed by atoms with van der Waals surface area (Å²) in [6.45, 7) is 1.52. The number of nitrogens with zero attached hydrogens (tertiary/aromatic N) is 2. The molecule has 27 heavy (non-hydrogen) atoms. The van der Waals surface area contributed by atoms with Gasteiger partial charge >= 0.3 is 12.4 Å². The molecule has 0 radical (unpaired) electrons. The molecule has 1 aromatic carbocycles. The molecule has 0 amide bonds. The fourth-order valence-electron chi connectivity index (χ4n) is 2.03. The number of hydrogen-bond acceptors (Lipinski definition) is 5. The maximum Gasteiger partial charge on any atom is 0.434 e. The summed E-state index contributed by atoms with van der Waals surface area (Å²) in [5.74, 6) is -2.52. The Balaban J connectivity index is 2.57. The maximum atomic E-state index is 12.8. The van der Waals surface area contributed by atoms with Gasteiger partial charge in [0, 0.05) is 0 Å². The number of alkyl halides is 6. The predicted molar refractivity (Wildman–Crippen MR) is 83.8 cm³/mol. The molecule has 1 aromatic heterocycles. The average molecular weight is 417 g/mol. The lowest BCUT2D eigenvalue weighted by Crippen LogP contribution is -2.46. The van der Waals surface area contributed by atoms with Gasteiger partial charge in [0.2, 0.25) is 15.8 Å². The zero-order valence-corrected chi connectivity index (χ0v) is 14.4. The maximum absolute atomic E-state index is 12.8. The molecule has 0 fully saturated rings. The van der Waals surface area contributed by atoms with Gasteiger partial charge in [0.1, 0.15) is 0 Å². The van der Waals surface area contributed by atoms with Gasteiger partial charge in [-0.1, -0.05) is 19.1 Å². The summed E-state index contributed by atoms with van der Waals surface area (Å²) in [7, 11) is -4.08. The van der Waals surface area contributed by atoms with Crippen molar-refractivity contribution in [1.29, 1.82) is 0 Å². The average Bonchev–Trinajstić information content (AvgIpc) is 2.49. The number of aromatic nitrogens is 2. The Morgan fingerprint density at radius 1 is 1.04 bits per heavy atom. The number of nitrogens with one attached hydrogen (secondary N) is 1. The third-order valence-corrected chi connectivity index (χ3v) is 4.54. The first-order valence-corrected chi connectivity index (χ1v) is 9.06. The van der Waals surface area contributed by atoms with Crippen LogP contribution < -0.4 is 9.46 Å². The normalized spacial score (nSPS) is 13.2. The molecule has 0 bridgehead atoms. The molecule has 0 atom stereocenters. The molecule has 1 heterocycles. The van der Waals surface area contributed by atoms with Crippen molar-refractivity contribution >= 4 is 26.9 Å². The van der Waals surface area contributed by atoms with Crippen molar-refractivity contribution in [2.24, 2.45) is 0 Å². The van der Waals surface area contributed by atoms with Crippen LogP contribution in [-0.2, 0) is 10.0 Å². The summed E-state index contributed by atoms with van der Waals surface area (Å²) in [6, 6.07) is 5.53. The fraction of sp³-hybridized carbons (Fsp3) is 0.429. The minimum Gasteiger partial charge on any atom is -0.452 e. The smallest absolute Gasteiger partial charge is 0.434 e. The van der Waals surface area contributed by atoms with Crippen LogP contribution >= 0.6 is 0 Å². The van der Waals surface area contributed by atoms with Gasteiger partial charge in [0.15, 0.2) is 0 Å². The van der Waals surface area contributed by atoms with Crippen LogP contribution in [0.2, 0.25) is 0 Å². The molecule has 0 aliphatic rings. The molecule has 0 saturated heterocycles. The van der Waals surface area contributed by atoms with Gasteiger partial charge in [-0.15, -0.1) is 0 Å². The van der Waals surface area contributed by atoms with Crippen molar-refractivity contribution in [3.63, 3.8) is 0 Å². The Morgan fingerprint density at radius 2 is 1.56 bits per heavy atom. The van der Waals surface area contributed by atoms with Crippen molar-refractivity contribution < 1.29 is 39.5 Å². The number of fused-ring (bicyclic) bond motifs is 1. The van der Waals surface area contributed by atoms with Crippen molar-refractivity contribution in [1.82, 2.24) is 9.97 Å². The van der Waals surface area contributed by atoms with E-state index in [4.69, 9.17) is 0 Å². The fourth-order valence-corrected chi connectivity index (χ4v) is 3.10. The molecule has 0 aliphatic carbocycles. The van der Waals surface area contributed by atoms with E-state index in [1.807, 2.05) is 4.72 Å². The van der Waals surface area contributed by atoms with Gasteiger partial charge in [-0.05, 0) is 18.6 Å². The van der Waals surface area contributed by atoms with E-state index in [2.05, 4.69) is 14.7 Å². The first-order chi connectivity index (χ1) is 12.3. The van der Waals surface area contributed by atoms with Gasteiger partial charge in [0.05, 0.1) is 16.8 Å². The number of para-hydroxylation sites is 2. The van der Waals surface area contributed by atoms with Gasteiger partial charge in [-0.25, -0.2) is 18.4 Å². The Bertz CT molecular complexity index is 900. The van der Waals surface area contributed by atoms with E-state index in [0.717, 1.165) is 0 Å². The summed E-state index contributed by atoms with van der Waals surface area (Å²) in [6.07, 6.45) is -15.6. The van der Waals surface area contributed by atoms with Gasteiger partial charge in [-0.2, -0.15) is 26.3 Å². The largest absolute Gasteiger partial charge is 0.452 e. The van der Waals surface area contributed by atoms with Crippen LogP contribution in [0.1, 0.15) is 13.3 Å². The lowest BCUT2D eigenvalue weighted by molar-refractivity contribution is -0.300. The Hall–Kier alpha value is -2.31. The molecule has 6 nitrogen and oxygen atoms in total. The monoisotopic (exact) mass is 417 g/mol. The van der Waals surface area contributed by atoms with E-state index in [0.29, 0.717) is 0 Å². The van der Waals surface area contributed by atoms with Crippen molar-refractivity contribution in [3.05, 3.63) is 24.3 Å². The van der Waals surface area contributed by atoms with E-state index in [1.54, 1.807) is 0 Å². The number of rotatable bonds is 6. The highest BCUT2D eigenvalue weighted by Crippen LogP contribution is 2.38. The highest BCUT2D eigenvalue weighted by atomic mass is 32.2. The second-order valence-corrected chi connectivity index (χ2v) is 7.21. The molecule has 0 aliphatic heterocycles. The van der Waals surface area contributed by atoms with Crippen LogP contribution in [0.25, 0.3) is 11.0 Å². The minimum atomic E-state index is -5.80. The number of sulfonamides is 1. The number of benzene rings is 1. The molecule has 0 spiro atoms. The molecule has 2 aromatic rings.